The molecule has 0 aromatic heterocycles. The molecule has 0 unspecified atom stereocenters. The first-order chi connectivity index (χ1) is 11.1. The van der Waals surface area contributed by atoms with Gasteiger partial charge in [0.1, 0.15) is 0 Å². The summed E-state index contributed by atoms with van der Waals surface area (Å²) in [5.41, 5.74) is 0.250. The number of amides is 2. The van der Waals surface area contributed by atoms with Gasteiger partial charge < -0.3 is 16.0 Å². The first kappa shape index (κ1) is 19.5. The van der Waals surface area contributed by atoms with Crippen LogP contribution in [0.3, 0.4) is 0 Å². The van der Waals surface area contributed by atoms with Crippen LogP contribution in [0.4, 0.5) is 0 Å². The Balaban J connectivity index is 0.00000208. The Hall–Kier alpha value is -0.810. The molecule has 6 heteroatoms. The largest absolute Gasteiger partial charge is 0.353 e. The quantitative estimate of drug-likeness (QED) is 0.581. The average molecular weight is 358 g/mol. The molecule has 4 aliphatic carbocycles. The van der Waals surface area contributed by atoms with Crippen LogP contribution in [0.5, 0.6) is 0 Å². The molecule has 4 rings (SSSR count). The van der Waals surface area contributed by atoms with E-state index >= 15 is 0 Å². The zero-order chi connectivity index (χ0) is 16.3. The third-order valence-corrected chi connectivity index (χ3v) is 6.02. The first-order valence-electron chi connectivity index (χ1n) is 9.33. The molecule has 0 saturated heterocycles. The summed E-state index contributed by atoms with van der Waals surface area (Å²) in [5, 5.41) is 8.80. The SMILES string of the molecule is CCNCCNC(=O)CNC(=O)CC12CC3CC(CC(C3)C1)C2.Cl. The summed E-state index contributed by atoms with van der Waals surface area (Å²) in [6.07, 6.45) is 8.53. The van der Waals surface area contributed by atoms with Gasteiger partial charge in [-0.2, -0.15) is 0 Å². The smallest absolute Gasteiger partial charge is 0.239 e. The van der Waals surface area contributed by atoms with Crippen molar-refractivity contribution in [1.82, 2.24) is 16.0 Å². The summed E-state index contributed by atoms with van der Waals surface area (Å²) < 4.78 is 0. The van der Waals surface area contributed by atoms with E-state index in [1.807, 2.05) is 6.92 Å². The van der Waals surface area contributed by atoms with Crippen molar-refractivity contribution in [2.75, 3.05) is 26.2 Å². The number of halogens is 1. The van der Waals surface area contributed by atoms with Crippen LogP contribution >= 0.6 is 12.4 Å². The van der Waals surface area contributed by atoms with E-state index in [-0.39, 0.29) is 36.2 Å². The number of nitrogens with one attached hydrogen (secondary N) is 3. The second kappa shape index (κ2) is 8.52. The molecule has 0 aromatic rings. The van der Waals surface area contributed by atoms with Crippen molar-refractivity contribution in [2.24, 2.45) is 23.2 Å². The Bertz CT molecular complexity index is 420. The van der Waals surface area contributed by atoms with Crippen LogP contribution in [-0.4, -0.2) is 38.0 Å². The Morgan fingerprint density at radius 2 is 1.50 bits per heavy atom. The van der Waals surface area contributed by atoms with Crippen molar-refractivity contribution in [1.29, 1.82) is 0 Å². The van der Waals surface area contributed by atoms with Gasteiger partial charge in [-0.25, -0.2) is 0 Å². The number of hydrogen-bond acceptors (Lipinski definition) is 3. The molecule has 0 radical (unpaired) electrons. The molecule has 0 heterocycles. The van der Waals surface area contributed by atoms with E-state index in [4.69, 9.17) is 0 Å². The number of likely N-dealkylation sites (N-methyl/N-ethyl adjacent to an activating group) is 1. The van der Waals surface area contributed by atoms with E-state index in [2.05, 4.69) is 16.0 Å². The molecule has 24 heavy (non-hydrogen) atoms. The highest BCUT2D eigenvalue weighted by molar-refractivity contribution is 5.85. The van der Waals surface area contributed by atoms with Crippen molar-refractivity contribution >= 4 is 24.2 Å². The monoisotopic (exact) mass is 357 g/mol. The summed E-state index contributed by atoms with van der Waals surface area (Å²) in [6.45, 7) is 4.42. The lowest BCUT2D eigenvalue weighted by molar-refractivity contribution is -0.131. The van der Waals surface area contributed by atoms with Crippen LogP contribution in [0.2, 0.25) is 0 Å². The van der Waals surface area contributed by atoms with E-state index < -0.39 is 0 Å². The second-order valence-corrected chi connectivity index (χ2v) is 8.07. The van der Waals surface area contributed by atoms with Gasteiger partial charge >= 0.3 is 0 Å². The fraction of sp³-hybridized carbons (Fsp3) is 0.889. The topological polar surface area (TPSA) is 70.2 Å². The molecular formula is C18H32ClN3O2. The van der Waals surface area contributed by atoms with Gasteiger partial charge in [0.25, 0.3) is 0 Å². The molecule has 3 N–H and O–H groups in total. The van der Waals surface area contributed by atoms with E-state index in [1.165, 1.54) is 38.5 Å². The molecule has 0 aliphatic heterocycles. The lowest BCUT2D eigenvalue weighted by Crippen LogP contribution is -2.48. The minimum atomic E-state index is -0.0956. The summed E-state index contributed by atoms with van der Waals surface area (Å²) in [5.74, 6) is 2.56. The Morgan fingerprint density at radius 1 is 0.917 bits per heavy atom. The summed E-state index contributed by atoms with van der Waals surface area (Å²) in [4.78, 5) is 24.0. The molecule has 4 fully saturated rings. The number of carbonyl (C=O) groups excluding carboxylic acids is 2. The summed E-state index contributed by atoms with van der Waals surface area (Å²) >= 11 is 0. The lowest BCUT2D eigenvalue weighted by Gasteiger charge is -2.56. The molecular weight excluding hydrogens is 326 g/mol. The number of rotatable bonds is 8. The van der Waals surface area contributed by atoms with Crippen LogP contribution in [-0.2, 0) is 9.59 Å². The Labute approximate surface area is 151 Å². The normalized spacial score (nSPS) is 33.0. The summed E-state index contributed by atoms with van der Waals surface area (Å²) in [6, 6.07) is 0. The van der Waals surface area contributed by atoms with Gasteiger partial charge in [-0.3, -0.25) is 9.59 Å². The maximum atomic E-state index is 12.3. The third kappa shape index (κ3) is 4.85. The van der Waals surface area contributed by atoms with Gasteiger partial charge in [-0.05, 0) is 68.2 Å². The predicted molar refractivity (Wildman–Crippen MR) is 97.0 cm³/mol. The van der Waals surface area contributed by atoms with Crippen LogP contribution in [0, 0.1) is 23.2 Å². The molecule has 4 saturated carbocycles. The number of hydrogen-bond donors (Lipinski definition) is 3. The molecule has 5 nitrogen and oxygen atoms in total. The third-order valence-electron chi connectivity index (χ3n) is 6.02. The van der Waals surface area contributed by atoms with Crippen LogP contribution in [0.15, 0.2) is 0 Å². The highest BCUT2D eigenvalue weighted by atomic mass is 35.5. The standard InChI is InChI=1S/C18H31N3O2.ClH/c1-2-19-3-4-20-17(23)12-21-16(22)11-18-8-13-5-14(9-18)7-15(6-13)10-18;/h13-15,19H,2-12H2,1H3,(H,20,23)(H,21,22);1H. The van der Waals surface area contributed by atoms with E-state index in [1.54, 1.807) is 0 Å². The Kier molecular flexibility index (Phi) is 6.93. The molecule has 0 atom stereocenters. The second-order valence-electron chi connectivity index (χ2n) is 8.07. The fourth-order valence-electron chi connectivity index (χ4n) is 5.62. The average Bonchev–Trinajstić information content (AvgIpc) is 2.48. The van der Waals surface area contributed by atoms with Crippen LogP contribution in [0.25, 0.3) is 0 Å². The molecule has 4 aliphatic rings. The fourth-order valence-corrected chi connectivity index (χ4v) is 5.62. The highest BCUT2D eigenvalue weighted by Crippen LogP contribution is 2.61. The zero-order valence-electron chi connectivity index (χ0n) is 14.7. The molecule has 138 valence electrons. The van der Waals surface area contributed by atoms with E-state index in [0.717, 1.165) is 30.8 Å². The van der Waals surface area contributed by atoms with Crippen LogP contribution < -0.4 is 16.0 Å². The molecule has 2 amide bonds. The van der Waals surface area contributed by atoms with Crippen molar-refractivity contribution in [3.8, 4) is 0 Å². The number of carbonyl (C=O) groups is 2. The van der Waals surface area contributed by atoms with E-state index in [0.29, 0.717) is 13.0 Å². The molecule has 4 bridgehead atoms. The minimum Gasteiger partial charge on any atom is -0.353 e. The highest BCUT2D eigenvalue weighted by Gasteiger charge is 2.51. The van der Waals surface area contributed by atoms with Gasteiger partial charge in [0.15, 0.2) is 0 Å². The minimum absolute atomic E-state index is 0. The zero-order valence-corrected chi connectivity index (χ0v) is 15.6. The van der Waals surface area contributed by atoms with Crippen molar-refractivity contribution < 1.29 is 9.59 Å². The van der Waals surface area contributed by atoms with Crippen molar-refractivity contribution in [3.05, 3.63) is 0 Å². The van der Waals surface area contributed by atoms with Gasteiger partial charge in [-0.15, -0.1) is 12.4 Å². The van der Waals surface area contributed by atoms with Gasteiger partial charge in [0.05, 0.1) is 6.54 Å². The predicted octanol–water partition coefficient (Wildman–Crippen LogP) is 1.86. The maximum Gasteiger partial charge on any atom is 0.239 e. The van der Waals surface area contributed by atoms with Gasteiger partial charge in [0, 0.05) is 19.5 Å². The first-order valence-corrected chi connectivity index (χ1v) is 9.33. The van der Waals surface area contributed by atoms with Gasteiger partial charge in [0.2, 0.25) is 11.8 Å². The maximum absolute atomic E-state index is 12.3. The lowest BCUT2D eigenvalue weighted by atomic mass is 9.49. The Morgan fingerprint density at radius 3 is 2.04 bits per heavy atom. The molecule has 0 aromatic carbocycles. The summed E-state index contributed by atoms with van der Waals surface area (Å²) in [7, 11) is 0. The molecule has 0 spiro atoms. The van der Waals surface area contributed by atoms with Crippen LogP contribution in [0.1, 0.15) is 51.9 Å². The van der Waals surface area contributed by atoms with Crippen molar-refractivity contribution in [3.63, 3.8) is 0 Å². The van der Waals surface area contributed by atoms with E-state index in [9.17, 15) is 9.59 Å². The van der Waals surface area contributed by atoms with Gasteiger partial charge in [-0.1, -0.05) is 6.92 Å². The van der Waals surface area contributed by atoms with Crippen molar-refractivity contribution in [2.45, 2.75) is 51.9 Å².